The number of fused-ring (bicyclic) bond motifs is 10. The molecule has 0 saturated heterocycles. The van der Waals surface area contributed by atoms with Gasteiger partial charge in [0.1, 0.15) is 16.8 Å². The molecule has 200 valence electrons. The number of benzene rings is 6. The van der Waals surface area contributed by atoms with Gasteiger partial charge in [0.25, 0.3) is 0 Å². The van der Waals surface area contributed by atoms with Crippen molar-refractivity contribution >= 4 is 86.2 Å². The zero-order valence-corrected chi connectivity index (χ0v) is 23.6. The smallest absolute Gasteiger partial charge is 0.236 e. The van der Waals surface area contributed by atoms with E-state index in [-0.39, 0.29) is 0 Å². The van der Waals surface area contributed by atoms with Crippen LogP contribution in [0.2, 0.25) is 0 Å². The second-order valence-electron chi connectivity index (χ2n) is 11.0. The van der Waals surface area contributed by atoms with Crippen molar-refractivity contribution in [3.8, 4) is 17.2 Å². The molecule has 0 saturated carbocycles. The van der Waals surface area contributed by atoms with E-state index in [0.29, 0.717) is 11.5 Å². The van der Waals surface area contributed by atoms with Crippen LogP contribution in [-0.2, 0) is 0 Å². The second-order valence-corrected chi connectivity index (χ2v) is 12.1. The van der Waals surface area contributed by atoms with Crippen molar-refractivity contribution in [3.05, 3.63) is 127 Å². The van der Waals surface area contributed by atoms with Crippen LogP contribution in [0.4, 0.5) is 0 Å². The van der Waals surface area contributed by atoms with Crippen molar-refractivity contribution < 1.29 is 4.42 Å². The molecule has 0 spiro atoms. The second kappa shape index (κ2) is 8.51. The number of hydrogen-bond acceptors (Lipinski definition) is 4. The van der Waals surface area contributed by atoms with Gasteiger partial charge in [-0.1, -0.05) is 91.0 Å². The van der Waals surface area contributed by atoms with Crippen LogP contribution >= 0.6 is 11.3 Å². The van der Waals surface area contributed by atoms with E-state index >= 15 is 0 Å². The van der Waals surface area contributed by atoms with Gasteiger partial charge in [-0.05, 0) is 47.2 Å². The number of aromatic nitrogens is 3. The van der Waals surface area contributed by atoms with E-state index in [0.717, 1.165) is 49.5 Å². The highest BCUT2D eigenvalue weighted by molar-refractivity contribution is 7.25. The first kappa shape index (κ1) is 23.1. The maximum absolute atomic E-state index is 6.56. The van der Waals surface area contributed by atoms with E-state index in [9.17, 15) is 0 Å². The van der Waals surface area contributed by atoms with E-state index in [1.807, 2.05) is 29.5 Å². The fraction of sp³-hybridized carbons (Fsp3) is 0. The molecule has 0 radical (unpaired) electrons. The molecule has 0 aliphatic heterocycles. The van der Waals surface area contributed by atoms with Gasteiger partial charge in [0.05, 0.1) is 11.0 Å². The van der Waals surface area contributed by atoms with Gasteiger partial charge >= 0.3 is 0 Å². The third kappa shape index (κ3) is 3.25. The monoisotopic (exact) mass is 567 g/mol. The summed E-state index contributed by atoms with van der Waals surface area (Å²) >= 11 is 1.84. The van der Waals surface area contributed by atoms with Crippen LogP contribution in [0, 0.1) is 0 Å². The van der Waals surface area contributed by atoms with Crippen LogP contribution < -0.4 is 0 Å². The Bertz CT molecular complexity index is 2730. The lowest BCUT2D eigenvalue weighted by Gasteiger charge is -2.09. The summed E-state index contributed by atoms with van der Waals surface area (Å²) in [5.74, 6) is 0.632. The number of thiophene rings is 1. The molecule has 0 aliphatic rings. The minimum atomic E-state index is 0.632. The molecular weight excluding hydrogens is 547 g/mol. The third-order valence-electron chi connectivity index (χ3n) is 8.59. The highest BCUT2D eigenvalue weighted by Crippen LogP contribution is 2.41. The first-order chi connectivity index (χ1) is 21.3. The lowest BCUT2D eigenvalue weighted by molar-refractivity contribution is 0.667. The van der Waals surface area contributed by atoms with E-state index in [1.165, 1.54) is 30.9 Å². The molecule has 0 unspecified atom stereocenters. The Labute approximate surface area is 249 Å². The molecule has 0 bridgehead atoms. The van der Waals surface area contributed by atoms with Gasteiger partial charge in [0.15, 0.2) is 5.58 Å². The maximum atomic E-state index is 6.56. The summed E-state index contributed by atoms with van der Waals surface area (Å²) in [7, 11) is 0. The minimum absolute atomic E-state index is 0.632. The minimum Gasteiger partial charge on any atom is -0.452 e. The lowest BCUT2D eigenvalue weighted by Crippen LogP contribution is -2.02. The molecule has 0 amide bonds. The number of rotatable bonds is 2. The molecule has 0 N–H and O–H groups in total. The average molecular weight is 568 g/mol. The SMILES string of the molecule is c1ccc(-c2nc(-n3c4ccccc4c4cc5sc6ccccc6c5cc43)nc3c2oc2cc4ccccc4cc23)cc1. The van der Waals surface area contributed by atoms with Gasteiger partial charge in [-0.3, -0.25) is 4.57 Å². The van der Waals surface area contributed by atoms with Crippen LogP contribution in [0.5, 0.6) is 0 Å². The standard InChI is InChI=1S/C38H21N3OS/c1-2-10-22(11-3-1)35-37-36(29-18-23-12-4-5-13-24(23)19-32(29)42-37)40-38(39-35)41-30-16-8-6-14-25(30)27-21-34-28(20-31(27)41)26-15-7-9-17-33(26)43-34/h1-21H. The highest BCUT2D eigenvalue weighted by atomic mass is 32.1. The Kier molecular flexibility index (Phi) is 4.57. The summed E-state index contributed by atoms with van der Waals surface area (Å²) in [5, 5.41) is 8.19. The fourth-order valence-corrected chi connectivity index (χ4v) is 7.74. The first-order valence-electron chi connectivity index (χ1n) is 14.3. The molecule has 4 heterocycles. The van der Waals surface area contributed by atoms with E-state index in [1.54, 1.807) is 0 Å². The van der Waals surface area contributed by atoms with Crippen LogP contribution in [0.25, 0.3) is 92.0 Å². The summed E-state index contributed by atoms with van der Waals surface area (Å²) < 4.78 is 11.4. The molecule has 4 nitrogen and oxygen atoms in total. The van der Waals surface area contributed by atoms with Crippen molar-refractivity contribution in [2.45, 2.75) is 0 Å². The molecule has 10 aromatic rings. The van der Waals surface area contributed by atoms with Crippen molar-refractivity contribution in [3.63, 3.8) is 0 Å². The zero-order chi connectivity index (χ0) is 28.1. The van der Waals surface area contributed by atoms with Crippen LogP contribution in [0.3, 0.4) is 0 Å². The Morgan fingerprint density at radius 3 is 2.16 bits per heavy atom. The quantitative estimate of drug-likeness (QED) is 0.209. The Balaban J connectivity index is 1.37. The summed E-state index contributed by atoms with van der Waals surface area (Å²) in [6.45, 7) is 0. The van der Waals surface area contributed by atoms with E-state index in [4.69, 9.17) is 14.4 Å². The average Bonchev–Trinajstić information content (AvgIpc) is 3.71. The molecular formula is C38H21N3OS. The summed E-state index contributed by atoms with van der Waals surface area (Å²) in [6.07, 6.45) is 0. The van der Waals surface area contributed by atoms with Gasteiger partial charge in [-0.15, -0.1) is 11.3 Å². The Hall–Kier alpha value is -5.52. The van der Waals surface area contributed by atoms with Crippen LogP contribution in [-0.4, -0.2) is 14.5 Å². The molecule has 0 aliphatic carbocycles. The summed E-state index contributed by atoms with van der Waals surface area (Å²) in [6, 6.07) is 44.8. The zero-order valence-electron chi connectivity index (χ0n) is 22.8. The molecule has 6 aromatic carbocycles. The van der Waals surface area contributed by atoms with Crippen LogP contribution in [0.1, 0.15) is 0 Å². The van der Waals surface area contributed by atoms with Gasteiger partial charge in [-0.25, -0.2) is 9.97 Å². The lowest BCUT2D eigenvalue weighted by atomic mass is 10.1. The number of para-hydroxylation sites is 1. The first-order valence-corrected chi connectivity index (χ1v) is 15.2. The fourth-order valence-electron chi connectivity index (χ4n) is 6.61. The van der Waals surface area contributed by atoms with Crippen molar-refractivity contribution in [1.29, 1.82) is 0 Å². The Morgan fingerprint density at radius 2 is 1.28 bits per heavy atom. The Morgan fingerprint density at radius 1 is 0.535 bits per heavy atom. The van der Waals surface area contributed by atoms with Crippen molar-refractivity contribution in [1.82, 2.24) is 14.5 Å². The van der Waals surface area contributed by atoms with E-state index in [2.05, 4.69) is 114 Å². The predicted octanol–water partition coefficient (Wildman–Crippen LogP) is 10.7. The van der Waals surface area contributed by atoms with Gasteiger partial charge in [0.2, 0.25) is 5.95 Å². The molecule has 0 fully saturated rings. The topological polar surface area (TPSA) is 43.9 Å². The molecule has 4 aromatic heterocycles. The number of nitrogens with zero attached hydrogens (tertiary/aromatic N) is 3. The van der Waals surface area contributed by atoms with E-state index < -0.39 is 0 Å². The highest BCUT2D eigenvalue weighted by Gasteiger charge is 2.22. The van der Waals surface area contributed by atoms with Gasteiger partial charge in [-0.2, -0.15) is 0 Å². The summed E-state index contributed by atoms with van der Waals surface area (Å²) in [5.41, 5.74) is 6.28. The van der Waals surface area contributed by atoms with Crippen molar-refractivity contribution in [2.75, 3.05) is 0 Å². The van der Waals surface area contributed by atoms with Gasteiger partial charge < -0.3 is 4.42 Å². The molecule has 5 heteroatoms. The largest absolute Gasteiger partial charge is 0.452 e. The number of furan rings is 1. The third-order valence-corrected chi connectivity index (χ3v) is 9.72. The normalized spacial score (nSPS) is 12.2. The maximum Gasteiger partial charge on any atom is 0.236 e. The van der Waals surface area contributed by atoms with Gasteiger partial charge in [0, 0.05) is 41.9 Å². The molecule has 0 atom stereocenters. The molecule has 43 heavy (non-hydrogen) atoms. The predicted molar refractivity (Wildman–Crippen MR) is 179 cm³/mol. The van der Waals surface area contributed by atoms with Crippen molar-refractivity contribution in [2.24, 2.45) is 0 Å². The van der Waals surface area contributed by atoms with Crippen LogP contribution in [0.15, 0.2) is 132 Å². The molecule has 10 rings (SSSR count). The summed E-state index contributed by atoms with van der Waals surface area (Å²) in [4.78, 5) is 10.6. The number of hydrogen-bond donors (Lipinski definition) is 0.